The van der Waals surface area contributed by atoms with Crippen LogP contribution >= 0.6 is 11.6 Å². The van der Waals surface area contributed by atoms with E-state index in [-0.39, 0.29) is 11.7 Å². The van der Waals surface area contributed by atoms with Crippen LogP contribution in [0, 0.1) is 5.82 Å². The lowest BCUT2D eigenvalue weighted by molar-refractivity contribution is -0.116. The molecule has 0 aliphatic heterocycles. The van der Waals surface area contributed by atoms with Crippen molar-refractivity contribution in [1.29, 1.82) is 0 Å². The fraction of sp³-hybridized carbons (Fsp3) is 0.125. The fourth-order valence-electron chi connectivity index (χ4n) is 1.72. The van der Waals surface area contributed by atoms with E-state index < -0.39 is 5.82 Å². The molecule has 0 bridgehead atoms. The van der Waals surface area contributed by atoms with Crippen LogP contribution in [0.4, 0.5) is 4.39 Å². The summed E-state index contributed by atoms with van der Waals surface area (Å²) in [6.45, 7) is 0.338. The van der Waals surface area contributed by atoms with Crippen LogP contribution in [0.5, 0.6) is 5.75 Å². The van der Waals surface area contributed by atoms with Gasteiger partial charge in [-0.1, -0.05) is 23.7 Å². The first-order valence-electron chi connectivity index (χ1n) is 6.48. The number of nitrogens with zero attached hydrogens (tertiary/aromatic N) is 1. The first kappa shape index (κ1) is 16.0. The first-order chi connectivity index (χ1) is 10.6. The highest BCUT2D eigenvalue weighted by molar-refractivity contribution is 6.29. The molecule has 0 saturated heterocycles. The molecule has 0 fully saturated rings. The number of methoxy groups -OCH3 is 1. The van der Waals surface area contributed by atoms with E-state index in [9.17, 15) is 9.18 Å². The van der Waals surface area contributed by atoms with Crippen LogP contribution in [-0.4, -0.2) is 18.0 Å². The molecule has 1 heterocycles. The molecule has 1 aromatic heterocycles. The number of pyridine rings is 1. The molecule has 114 valence electrons. The average molecular weight is 321 g/mol. The van der Waals surface area contributed by atoms with Gasteiger partial charge in [0.2, 0.25) is 5.91 Å². The van der Waals surface area contributed by atoms with E-state index in [0.29, 0.717) is 17.3 Å². The van der Waals surface area contributed by atoms with Gasteiger partial charge in [-0.2, -0.15) is 0 Å². The van der Waals surface area contributed by atoms with Crippen molar-refractivity contribution >= 4 is 23.6 Å². The molecular formula is C16H14ClFN2O2. The topological polar surface area (TPSA) is 51.2 Å². The third kappa shape index (κ3) is 4.56. The molecule has 0 aliphatic rings. The molecule has 0 aliphatic carbocycles. The van der Waals surface area contributed by atoms with Gasteiger partial charge in [-0.05, 0) is 35.4 Å². The van der Waals surface area contributed by atoms with Crippen LogP contribution in [-0.2, 0) is 11.3 Å². The van der Waals surface area contributed by atoms with E-state index in [1.807, 2.05) is 0 Å². The Hall–Kier alpha value is -2.40. The Morgan fingerprint density at radius 1 is 1.41 bits per heavy atom. The molecule has 2 rings (SSSR count). The van der Waals surface area contributed by atoms with E-state index in [1.54, 1.807) is 24.4 Å². The summed E-state index contributed by atoms with van der Waals surface area (Å²) in [4.78, 5) is 15.6. The van der Waals surface area contributed by atoms with Crippen molar-refractivity contribution in [3.8, 4) is 5.75 Å². The smallest absolute Gasteiger partial charge is 0.244 e. The van der Waals surface area contributed by atoms with E-state index in [4.69, 9.17) is 16.3 Å². The highest BCUT2D eigenvalue weighted by Crippen LogP contribution is 2.18. The molecule has 22 heavy (non-hydrogen) atoms. The van der Waals surface area contributed by atoms with Crippen molar-refractivity contribution < 1.29 is 13.9 Å². The van der Waals surface area contributed by atoms with Crippen LogP contribution in [0.2, 0.25) is 5.15 Å². The number of benzene rings is 1. The van der Waals surface area contributed by atoms with E-state index >= 15 is 0 Å². The summed E-state index contributed by atoms with van der Waals surface area (Å²) in [5.74, 6) is -0.597. The molecule has 4 nitrogen and oxygen atoms in total. The molecule has 1 aromatic carbocycles. The van der Waals surface area contributed by atoms with Crippen molar-refractivity contribution in [2.45, 2.75) is 6.54 Å². The minimum atomic E-state index is -0.475. The lowest BCUT2D eigenvalue weighted by atomic mass is 10.2. The lowest BCUT2D eigenvalue weighted by Crippen LogP contribution is -2.20. The maximum Gasteiger partial charge on any atom is 0.244 e. The normalized spacial score (nSPS) is 10.7. The van der Waals surface area contributed by atoms with Crippen LogP contribution < -0.4 is 10.1 Å². The van der Waals surface area contributed by atoms with E-state index in [1.165, 1.54) is 31.4 Å². The number of rotatable bonds is 5. The molecule has 1 N–H and O–H groups in total. The Balaban J connectivity index is 1.91. The minimum Gasteiger partial charge on any atom is -0.494 e. The second kappa shape index (κ2) is 7.56. The summed E-state index contributed by atoms with van der Waals surface area (Å²) in [6.07, 6.45) is 4.45. The quantitative estimate of drug-likeness (QED) is 0.680. The standard InChI is InChI=1S/C16H14ClFN2O2/c1-22-14-5-2-11(8-13(14)18)4-7-16(21)20-10-12-3-6-15(17)19-9-12/h2-9H,10H2,1H3,(H,20,21). The third-order valence-corrected chi connectivity index (χ3v) is 3.08. The van der Waals surface area contributed by atoms with Crippen molar-refractivity contribution in [2.75, 3.05) is 7.11 Å². The summed E-state index contributed by atoms with van der Waals surface area (Å²) in [5.41, 5.74) is 1.41. The molecule has 0 spiro atoms. The van der Waals surface area contributed by atoms with Gasteiger partial charge in [0, 0.05) is 18.8 Å². The third-order valence-electron chi connectivity index (χ3n) is 2.86. The van der Waals surface area contributed by atoms with Crippen molar-refractivity contribution in [2.24, 2.45) is 0 Å². The van der Waals surface area contributed by atoms with E-state index in [0.717, 1.165) is 5.56 Å². The van der Waals surface area contributed by atoms with Crippen LogP contribution in [0.3, 0.4) is 0 Å². The van der Waals surface area contributed by atoms with Gasteiger partial charge in [-0.3, -0.25) is 4.79 Å². The second-order valence-corrected chi connectivity index (χ2v) is 4.82. The van der Waals surface area contributed by atoms with Crippen LogP contribution in [0.15, 0.2) is 42.6 Å². The summed E-state index contributed by atoms with van der Waals surface area (Å²) in [5, 5.41) is 3.10. The number of hydrogen-bond donors (Lipinski definition) is 1. The van der Waals surface area contributed by atoms with E-state index in [2.05, 4.69) is 10.3 Å². The molecule has 0 radical (unpaired) electrons. The number of carbonyl (C=O) groups excluding carboxylic acids is 1. The van der Waals surface area contributed by atoms with Gasteiger partial charge in [0.15, 0.2) is 11.6 Å². The van der Waals surface area contributed by atoms with Gasteiger partial charge in [0.1, 0.15) is 5.15 Å². The van der Waals surface area contributed by atoms with Gasteiger partial charge in [0.05, 0.1) is 7.11 Å². The summed E-state index contributed by atoms with van der Waals surface area (Å²) < 4.78 is 18.3. The number of nitrogens with one attached hydrogen (secondary N) is 1. The molecule has 2 aromatic rings. The summed E-state index contributed by atoms with van der Waals surface area (Å²) >= 11 is 5.68. The van der Waals surface area contributed by atoms with Gasteiger partial charge in [0.25, 0.3) is 0 Å². The number of hydrogen-bond acceptors (Lipinski definition) is 3. The van der Waals surface area contributed by atoms with Gasteiger partial charge in [-0.25, -0.2) is 9.37 Å². The SMILES string of the molecule is COc1ccc(C=CC(=O)NCc2ccc(Cl)nc2)cc1F. The number of carbonyl (C=O) groups is 1. The highest BCUT2D eigenvalue weighted by Gasteiger charge is 2.02. The molecule has 0 saturated carbocycles. The Labute approximate surface area is 132 Å². The molecule has 6 heteroatoms. The number of ether oxygens (including phenoxy) is 1. The molecule has 0 atom stereocenters. The fourth-order valence-corrected chi connectivity index (χ4v) is 1.83. The Morgan fingerprint density at radius 3 is 2.86 bits per heavy atom. The van der Waals surface area contributed by atoms with Gasteiger partial charge in [-0.15, -0.1) is 0 Å². The zero-order valence-electron chi connectivity index (χ0n) is 11.8. The number of amides is 1. The largest absolute Gasteiger partial charge is 0.494 e. The van der Waals surface area contributed by atoms with Crippen molar-refractivity contribution in [3.05, 3.63) is 64.7 Å². The van der Waals surface area contributed by atoms with Crippen LogP contribution in [0.25, 0.3) is 6.08 Å². The van der Waals surface area contributed by atoms with Crippen molar-refractivity contribution in [1.82, 2.24) is 10.3 Å². The number of halogens is 2. The van der Waals surface area contributed by atoms with Crippen LogP contribution in [0.1, 0.15) is 11.1 Å². The van der Waals surface area contributed by atoms with Gasteiger partial charge < -0.3 is 10.1 Å². The maximum absolute atomic E-state index is 13.5. The predicted molar refractivity (Wildman–Crippen MR) is 83.1 cm³/mol. The summed E-state index contributed by atoms with van der Waals surface area (Å²) in [7, 11) is 1.40. The van der Waals surface area contributed by atoms with Crippen molar-refractivity contribution in [3.63, 3.8) is 0 Å². The maximum atomic E-state index is 13.5. The Bertz CT molecular complexity index is 687. The van der Waals surface area contributed by atoms with Gasteiger partial charge >= 0.3 is 0 Å². The average Bonchev–Trinajstić information content (AvgIpc) is 2.52. The lowest BCUT2D eigenvalue weighted by Gasteiger charge is -2.03. The molecule has 1 amide bonds. The summed E-state index contributed by atoms with van der Waals surface area (Å²) in [6, 6.07) is 7.89. The zero-order chi connectivity index (χ0) is 15.9. The highest BCUT2D eigenvalue weighted by atomic mass is 35.5. The molecular weight excluding hydrogens is 307 g/mol. The Morgan fingerprint density at radius 2 is 2.23 bits per heavy atom. The first-order valence-corrected chi connectivity index (χ1v) is 6.86. The zero-order valence-corrected chi connectivity index (χ0v) is 12.6. The second-order valence-electron chi connectivity index (χ2n) is 4.43. The molecule has 0 unspecified atom stereocenters. The number of aromatic nitrogens is 1. The Kier molecular flexibility index (Phi) is 5.49. The monoisotopic (exact) mass is 320 g/mol. The predicted octanol–water partition coefficient (Wildman–Crippen LogP) is 3.21. The minimum absolute atomic E-state index is 0.164.